The van der Waals surface area contributed by atoms with Gasteiger partial charge in [0.15, 0.2) is 0 Å². The molecular weight excluding hydrogens is 314 g/mol. The number of halogens is 1. The van der Waals surface area contributed by atoms with Crippen LogP contribution in [-0.4, -0.2) is 47.2 Å². The van der Waals surface area contributed by atoms with Crippen molar-refractivity contribution in [3.05, 3.63) is 28.8 Å². The van der Waals surface area contributed by atoms with Crippen LogP contribution in [-0.2, 0) is 11.3 Å². The van der Waals surface area contributed by atoms with Crippen LogP contribution in [0.15, 0.2) is 18.2 Å². The maximum Gasteiger partial charge on any atom is 0.410 e. The first-order valence-corrected chi connectivity index (χ1v) is 8.29. The summed E-state index contributed by atoms with van der Waals surface area (Å²) in [6, 6.07) is 5.77. The quantitative estimate of drug-likeness (QED) is 0.839. The van der Waals surface area contributed by atoms with Crippen molar-refractivity contribution in [2.75, 3.05) is 25.4 Å². The molecule has 128 valence electrons. The molecule has 5 nitrogen and oxygen atoms in total. The molecule has 1 saturated heterocycles. The van der Waals surface area contributed by atoms with Gasteiger partial charge in [0.1, 0.15) is 5.60 Å². The maximum atomic E-state index is 12.2. The number of nitrogens with zero attached hydrogens (tertiary/aromatic N) is 2. The van der Waals surface area contributed by atoms with Gasteiger partial charge in [-0.1, -0.05) is 11.6 Å². The minimum absolute atomic E-state index is 0.230. The molecule has 0 aromatic heterocycles. The molecule has 1 fully saturated rings. The molecule has 1 heterocycles. The predicted octanol–water partition coefficient (Wildman–Crippen LogP) is 3.36. The van der Waals surface area contributed by atoms with E-state index < -0.39 is 5.60 Å². The van der Waals surface area contributed by atoms with Gasteiger partial charge >= 0.3 is 6.09 Å². The Morgan fingerprint density at radius 1 is 1.39 bits per heavy atom. The third-order valence-corrected chi connectivity index (χ3v) is 4.23. The standard InChI is InChI=1S/C17H26ClN3O2/c1-12-10-21(16(22)23-17(2,3)4)8-7-20(12)11-13-9-14(19)5-6-15(13)18/h5-6,9,12H,7-8,10-11,19H2,1-4H3/t12-/m1/s1. The minimum atomic E-state index is -0.466. The van der Waals surface area contributed by atoms with Crippen LogP contribution in [0, 0.1) is 0 Å². The molecule has 1 aromatic carbocycles. The Morgan fingerprint density at radius 3 is 2.70 bits per heavy atom. The van der Waals surface area contributed by atoms with E-state index in [0.717, 1.165) is 23.7 Å². The van der Waals surface area contributed by atoms with Gasteiger partial charge in [-0.2, -0.15) is 0 Å². The van der Waals surface area contributed by atoms with Gasteiger partial charge < -0.3 is 15.4 Å². The number of piperazine rings is 1. The molecular formula is C17H26ClN3O2. The van der Waals surface area contributed by atoms with E-state index in [4.69, 9.17) is 22.1 Å². The fourth-order valence-electron chi connectivity index (χ4n) is 2.66. The topological polar surface area (TPSA) is 58.8 Å². The lowest BCUT2D eigenvalue weighted by Gasteiger charge is -2.40. The Kier molecular flexibility index (Phi) is 5.42. The Morgan fingerprint density at radius 2 is 2.09 bits per heavy atom. The van der Waals surface area contributed by atoms with Crippen molar-refractivity contribution >= 4 is 23.4 Å². The van der Waals surface area contributed by atoms with Crippen molar-refractivity contribution in [3.63, 3.8) is 0 Å². The molecule has 1 aliphatic heterocycles. The van der Waals surface area contributed by atoms with Gasteiger partial charge in [0.2, 0.25) is 0 Å². The Labute approximate surface area is 143 Å². The average molecular weight is 340 g/mol. The zero-order valence-corrected chi connectivity index (χ0v) is 15.1. The third-order valence-electron chi connectivity index (χ3n) is 3.86. The summed E-state index contributed by atoms with van der Waals surface area (Å²) in [6.07, 6.45) is -0.244. The fraction of sp³-hybridized carbons (Fsp3) is 0.588. The van der Waals surface area contributed by atoms with Gasteiger partial charge in [0.25, 0.3) is 0 Å². The van der Waals surface area contributed by atoms with Crippen molar-refractivity contribution in [1.29, 1.82) is 0 Å². The molecule has 0 aliphatic carbocycles. The minimum Gasteiger partial charge on any atom is -0.444 e. The fourth-order valence-corrected chi connectivity index (χ4v) is 2.83. The van der Waals surface area contributed by atoms with Crippen molar-refractivity contribution in [3.8, 4) is 0 Å². The highest BCUT2D eigenvalue weighted by molar-refractivity contribution is 6.31. The molecule has 1 amide bonds. The zero-order valence-electron chi connectivity index (χ0n) is 14.3. The van der Waals surface area contributed by atoms with Crippen LogP contribution in [0.3, 0.4) is 0 Å². The molecule has 0 spiro atoms. The Balaban J connectivity index is 1.96. The van der Waals surface area contributed by atoms with Crippen molar-refractivity contribution in [2.45, 2.75) is 45.9 Å². The van der Waals surface area contributed by atoms with E-state index in [1.807, 2.05) is 32.9 Å². The van der Waals surface area contributed by atoms with Gasteiger partial charge in [-0.15, -0.1) is 0 Å². The van der Waals surface area contributed by atoms with Gasteiger partial charge in [-0.05, 0) is 51.5 Å². The Bertz CT molecular complexity index is 571. The van der Waals surface area contributed by atoms with E-state index in [9.17, 15) is 4.79 Å². The molecule has 23 heavy (non-hydrogen) atoms. The summed E-state index contributed by atoms with van der Waals surface area (Å²) in [4.78, 5) is 16.2. The lowest BCUT2D eigenvalue weighted by Crippen LogP contribution is -2.54. The first kappa shape index (κ1) is 17.9. The van der Waals surface area contributed by atoms with Gasteiger partial charge in [-0.3, -0.25) is 4.90 Å². The number of carbonyl (C=O) groups is 1. The highest BCUT2D eigenvalue weighted by Gasteiger charge is 2.29. The normalized spacial score (nSPS) is 19.7. The highest BCUT2D eigenvalue weighted by Crippen LogP contribution is 2.23. The summed E-state index contributed by atoms with van der Waals surface area (Å²) >= 11 is 6.25. The van der Waals surface area contributed by atoms with Crippen LogP contribution >= 0.6 is 11.6 Å². The number of nitrogen functional groups attached to an aromatic ring is 1. The van der Waals surface area contributed by atoms with E-state index in [-0.39, 0.29) is 12.1 Å². The van der Waals surface area contributed by atoms with Crippen LogP contribution in [0.1, 0.15) is 33.3 Å². The summed E-state index contributed by atoms with van der Waals surface area (Å²) in [6.45, 7) is 10.6. The number of amides is 1. The molecule has 0 radical (unpaired) electrons. The first-order chi connectivity index (χ1) is 10.7. The van der Waals surface area contributed by atoms with Crippen LogP contribution in [0.25, 0.3) is 0 Å². The maximum absolute atomic E-state index is 12.2. The molecule has 0 saturated carbocycles. The highest BCUT2D eigenvalue weighted by atomic mass is 35.5. The molecule has 1 aromatic rings. The van der Waals surface area contributed by atoms with Crippen molar-refractivity contribution in [1.82, 2.24) is 9.80 Å². The van der Waals surface area contributed by atoms with E-state index >= 15 is 0 Å². The lowest BCUT2D eigenvalue weighted by atomic mass is 10.1. The summed E-state index contributed by atoms with van der Waals surface area (Å²) < 4.78 is 5.44. The average Bonchev–Trinajstić information content (AvgIpc) is 2.43. The largest absolute Gasteiger partial charge is 0.444 e. The van der Waals surface area contributed by atoms with Crippen LogP contribution in [0.5, 0.6) is 0 Å². The lowest BCUT2D eigenvalue weighted by molar-refractivity contribution is 0.00462. The molecule has 1 aliphatic rings. The summed E-state index contributed by atoms with van der Waals surface area (Å²) in [5, 5.41) is 0.723. The van der Waals surface area contributed by atoms with Crippen molar-refractivity contribution < 1.29 is 9.53 Å². The van der Waals surface area contributed by atoms with Gasteiger partial charge in [0.05, 0.1) is 0 Å². The number of carbonyl (C=O) groups excluding carboxylic acids is 1. The number of anilines is 1. The van der Waals surface area contributed by atoms with Crippen LogP contribution in [0.2, 0.25) is 5.02 Å². The van der Waals surface area contributed by atoms with Gasteiger partial charge in [0, 0.05) is 42.9 Å². The molecule has 2 N–H and O–H groups in total. The molecule has 0 bridgehead atoms. The number of rotatable bonds is 2. The monoisotopic (exact) mass is 339 g/mol. The van der Waals surface area contributed by atoms with Crippen molar-refractivity contribution in [2.24, 2.45) is 0 Å². The Hall–Kier alpha value is -1.46. The summed E-state index contributed by atoms with van der Waals surface area (Å²) in [5.41, 5.74) is 7.11. The van der Waals surface area contributed by atoms with E-state index in [0.29, 0.717) is 18.8 Å². The molecule has 0 unspecified atom stereocenters. The van der Waals surface area contributed by atoms with Gasteiger partial charge in [-0.25, -0.2) is 4.79 Å². The number of nitrogens with two attached hydrogens (primary N) is 1. The van der Waals surface area contributed by atoms with E-state index in [2.05, 4.69) is 11.8 Å². The molecule has 2 rings (SSSR count). The number of ether oxygens (including phenoxy) is 1. The third kappa shape index (κ3) is 5.01. The second-order valence-electron chi connectivity index (χ2n) is 7.10. The van der Waals surface area contributed by atoms with E-state index in [1.54, 1.807) is 11.0 Å². The second kappa shape index (κ2) is 6.97. The van der Waals surface area contributed by atoms with Crippen LogP contribution < -0.4 is 5.73 Å². The smallest absolute Gasteiger partial charge is 0.410 e. The van der Waals surface area contributed by atoms with Crippen LogP contribution in [0.4, 0.5) is 10.5 Å². The molecule has 6 heteroatoms. The number of hydrogen-bond acceptors (Lipinski definition) is 4. The summed E-state index contributed by atoms with van der Waals surface area (Å²) in [5.74, 6) is 0. The number of hydrogen-bond donors (Lipinski definition) is 1. The van der Waals surface area contributed by atoms with E-state index in [1.165, 1.54) is 0 Å². The zero-order chi connectivity index (χ0) is 17.2. The predicted molar refractivity (Wildman–Crippen MR) is 93.5 cm³/mol. The SMILES string of the molecule is C[C@@H]1CN(C(=O)OC(C)(C)C)CCN1Cc1cc(N)ccc1Cl. The number of benzene rings is 1. The summed E-state index contributed by atoms with van der Waals surface area (Å²) in [7, 11) is 0. The first-order valence-electron chi connectivity index (χ1n) is 7.91. The second-order valence-corrected chi connectivity index (χ2v) is 7.50. The molecule has 1 atom stereocenters.